The van der Waals surface area contributed by atoms with Crippen molar-refractivity contribution in [2.75, 3.05) is 23.7 Å². The molecular weight excluding hydrogens is 438 g/mol. The van der Waals surface area contributed by atoms with Gasteiger partial charge in [-0.1, -0.05) is 18.2 Å². The van der Waals surface area contributed by atoms with Crippen molar-refractivity contribution in [1.29, 1.82) is 0 Å². The fourth-order valence-corrected chi connectivity index (χ4v) is 4.54. The molecule has 0 spiro atoms. The monoisotopic (exact) mass is 469 g/mol. The van der Waals surface area contributed by atoms with E-state index in [0.29, 0.717) is 23.2 Å². The summed E-state index contributed by atoms with van der Waals surface area (Å²) in [5, 5.41) is 11.5. The van der Waals surface area contributed by atoms with E-state index in [-0.39, 0.29) is 6.03 Å². The number of para-hydroxylation sites is 1. The van der Waals surface area contributed by atoms with Crippen LogP contribution in [0.1, 0.15) is 26.2 Å². The molecule has 2 heterocycles. The molecule has 3 aromatic carbocycles. The number of carbonyl (C=O) groups excluding carboxylic acids is 1. The van der Waals surface area contributed by atoms with Gasteiger partial charge in [-0.25, -0.2) is 4.79 Å². The van der Waals surface area contributed by atoms with E-state index >= 15 is 0 Å². The SMILES string of the molecule is CC1CCCN1CCCn1cc2ccc(NC(=O)Nc3ccc(Oc4ccccc4)cc3)cc2n1. The van der Waals surface area contributed by atoms with Gasteiger partial charge in [-0.05, 0) is 87.3 Å². The maximum Gasteiger partial charge on any atom is 0.323 e. The number of hydrogen-bond donors (Lipinski definition) is 2. The topological polar surface area (TPSA) is 71.4 Å². The Bertz CT molecular complexity index is 1270. The van der Waals surface area contributed by atoms with E-state index in [1.807, 2.05) is 77.5 Å². The first-order chi connectivity index (χ1) is 17.1. The molecule has 1 atom stereocenters. The number of anilines is 2. The molecule has 7 heteroatoms. The Labute approximate surface area is 205 Å². The number of ether oxygens (including phenoxy) is 1. The molecule has 1 aliphatic rings. The lowest BCUT2D eigenvalue weighted by Crippen LogP contribution is -2.28. The van der Waals surface area contributed by atoms with Crippen LogP contribution < -0.4 is 15.4 Å². The lowest BCUT2D eigenvalue weighted by atomic mass is 10.2. The summed E-state index contributed by atoms with van der Waals surface area (Å²) in [5.41, 5.74) is 2.26. The van der Waals surface area contributed by atoms with Gasteiger partial charge in [0.25, 0.3) is 0 Å². The zero-order valence-electron chi connectivity index (χ0n) is 20.0. The zero-order chi connectivity index (χ0) is 24.0. The largest absolute Gasteiger partial charge is 0.457 e. The number of amides is 2. The first-order valence-corrected chi connectivity index (χ1v) is 12.2. The van der Waals surface area contributed by atoms with Crippen molar-refractivity contribution in [3.8, 4) is 11.5 Å². The standard InChI is InChI=1S/C28H31N5O2/c1-21-7-5-16-32(21)17-6-18-33-20-22-10-11-24(19-27(22)31-33)30-28(34)29-23-12-14-26(15-13-23)35-25-8-3-2-4-9-25/h2-4,8-15,19-21H,5-7,16-18H2,1H3,(H2,29,30,34). The van der Waals surface area contributed by atoms with Crippen LogP contribution in [0, 0.1) is 0 Å². The minimum Gasteiger partial charge on any atom is -0.457 e. The molecule has 7 nitrogen and oxygen atoms in total. The first kappa shape index (κ1) is 22.9. The second-order valence-corrected chi connectivity index (χ2v) is 9.07. The summed E-state index contributed by atoms with van der Waals surface area (Å²) in [7, 11) is 0. The van der Waals surface area contributed by atoms with Crippen molar-refractivity contribution in [2.24, 2.45) is 0 Å². The number of carbonyl (C=O) groups is 1. The Morgan fingerprint density at radius 1 is 0.971 bits per heavy atom. The highest BCUT2D eigenvalue weighted by molar-refractivity contribution is 6.00. The van der Waals surface area contributed by atoms with Crippen LogP contribution in [0.2, 0.25) is 0 Å². The normalized spacial score (nSPS) is 15.9. The van der Waals surface area contributed by atoms with Gasteiger partial charge in [0.1, 0.15) is 11.5 Å². The van der Waals surface area contributed by atoms with Crippen molar-refractivity contribution in [3.05, 3.63) is 79.0 Å². The van der Waals surface area contributed by atoms with Crippen LogP contribution in [0.15, 0.2) is 79.0 Å². The summed E-state index contributed by atoms with van der Waals surface area (Å²) in [6.07, 6.45) is 5.78. The molecule has 35 heavy (non-hydrogen) atoms. The molecule has 1 saturated heterocycles. The van der Waals surface area contributed by atoms with Gasteiger partial charge in [-0.2, -0.15) is 5.10 Å². The van der Waals surface area contributed by atoms with E-state index in [1.165, 1.54) is 19.4 Å². The molecule has 4 aromatic rings. The molecule has 0 bridgehead atoms. The van der Waals surface area contributed by atoms with Crippen molar-refractivity contribution < 1.29 is 9.53 Å². The summed E-state index contributed by atoms with van der Waals surface area (Å²) in [6.45, 7) is 5.54. The average Bonchev–Trinajstić information content (AvgIpc) is 3.46. The third-order valence-electron chi connectivity index (χ3n) is 6.43. The fraction of sp³-hybridized carbons (Fsp3) is 0.286. The van der Waals surface area contributed by atoms with Crippen molar-refractivity contribution in [3.63, 3.8) is 0 Å². The highest BCUT2D eigenvalue weighted by atomic mass is 16.5. The van der Waals surface area contributed by atoms with Crippen LogP contribution in [0.5, 0.6) is 11.5 Å². The molecule has 1 aliphatic heterocycles. The van der Waals surface area contributed by atoms with E-state index in [2.05, 4.69) is 28.7 Å². The maximum absolute atomic E-state index is 12.5. The van der Waals surface area contributed by atoms with E-state index in [4.69, 9.17) is 9.84 Å². The Morgan fingerprint density at radius 2 is 1.71 bits per heavy atom. The van der Waals surface area contributed by atoms with Gasteiger partial charge in [0.2, 0.25) is 0 Å². The quantitative estimate of drug-likeness (QED) is 0.316. The number of fused-ring (bicyclic) bond motifs is 1. The number of aryl methyl sites for hydroxylation is 1. The number of hydrogen-bond acceptors (Lipinski definition) is 4. The number of urea groups is 1. The summed E-state index contributed by atoms with van der Waals surface area (Å²) < 4.78 is 7.80. The molecule has 180 valence electrons. The third-order valence-corrected chi connectivity index (χ3v) is 6.43. The average molecular weight is 470 g/mol. The second-order valence-electron chi connectivity index (χ2n) is 9.07. The summed E-state index contributed by atoms with van der Waals surface area (Å²) in [5.74, 6) is 1.48. The Balaban J connectivity index is 1.13. The van der Waals surface area contributed by atoms with Gasteiger partial charge in [-0.15, -0.1) is 0 Å². The smallest absolute Gasteiger partial charge is 0.323 e. The molecule has 0 saturated carbocycles. The van der Waals surface area contributed by atoms with Crippen LogP contribution in [0.3, 0.4) is 0 Å². The number of aromatic nitrogens is 2. The van der Waals surface area contributed by atoms with E-state index in [9.17, 15) is 4.79 Å². The second kappa shape index (κ2) is 10.6. The summed E-state index contributed by atoms with van der Waals surface area (Å²) >= 11 is 0. The van der Waals surface area contributed by atoms with Crippen LogP contribution >= 0.6 is 0 Å². The summed E-state index contributed by atoms with van der Waals surface area (Å²) in [6, 6.07) is 23.1. The maximum atomic E-state index is 12.5. The number of likely N-dealkylation sites (tertiary alicyclic amines) is 1. The molecule has 1 aromatic heterocycles. The van der Waals surface area contributed by atoms with Gasteiger partial charge in [0, 0.05) is 42.1 Å². The molecule has 1 unspecified atom stereocenters. The molecule has 5 rings (SSSR count). The number of rotatable bonds is 8. The van der Waals surface area contributed by atoms with E-state index in [1.54, 1.807) is 0 Å². The predicted molar refractivity (Wildman–Crippen MR) is 140 cm³/mol. The molecule has 2 amide bonds. The van der Waals surface area contributed by atoms with E-state index in [0.717, 1.165) is 36.2 Å². The van der Waals surface area contributed by atoms with Crippen LogP contribution in [-0.4, -0.2) is 39.8 Å². The zero-order valence-corrected chi connectivity index (χ0v) is 20.0. The van der Waals surface area contributed by atoms with Gasteiger partial charge < -0.3 is 20.3 Å². The van der Waals surface area contributed by atoms with Crippen LogP contribution in [0.25, 0.3) is 10.9 Å². The molecule has 1 fully saturated rings. The van der Waals surface area contributed by atoms with E-state index < -0.39 is 0 Å². The van der Waals surface area contributed by atoms with Crippen LogP contribution in [0.4, 0.5) is 16.2 Å². The Morgan fingerprint density at radius 3 is 2.49 bits per heavy atom. The summed E-state index contributed by atoms with van der Waals surface area (Å²) in [4.78, 5) is 15.1. The number of nitrogens with zero attached hydrogens (tertiary/aromatic N) is 3. The predicted octanol–water partition coefficient (Wildman–Crippen LogP) is 6.35. The van der Waals surface area contributed by atoms with Gasteiger partial charge in [-0.3, -0.25) is 4.68 Å². The van der Waals surface area contributed by atoms with Gasteiger partial charge in [0.05, 0.1) is 5.52 Å². The van der Waals surface area contributed by atoms with Gasteiger partial charge in [0.15, 0.2) is 0 Å². The minimum absolute atomic E-state index is 0.305. The Kier molecular flexibility index (Phi) is 6.95. The molecule has 2 N–H and O–H groups in total. The number of nitrogens with one attached hydrogen (secondary N) is 2. The Hall–Kier alpha value is -3.84. The number of benzene rings is 3. The molecule has 0 radical (unpaired) electrons. The highest BCUT2D eigenvalue weighted by Crippen LogP contribution is 2.23. The molecular formula is C28H31N5O2. The lowest BCUT2D eigenvalue weighted by molar-refractivity contribution is 0.259. The first-order valence-electron chi connectivity index (χ1n) is 12.2. The minimum atomic E-state index is -0.305. The van der Waals surface area contributed by atoms with Gasteiger partial charge >= 0.3 is 6.03 Å². The van der Waals surface area contributed by atoms with Crippen molar-refractivity contribution >= 4 is 28.3 Å². The fourth-order valence-electron chi connectivity index (χ4n) is 4.54. The highest BCUT2D eigenvalue weighted by Gasteiger charge is 2.19. The van der Waals surface area contributed by atoms with Crippen LogP contribution in [-0.2, 0) is 6.54 Å². The lowest BCUT2D eigenvalue weighted by Gasteiger charge is -2.20. The molecule has 0 aliphatic carbocycles. The van der Waals surface area contributed by atoms with Crippen molar-refractivity contribution in [1.82, 2.24) is 14.7 Å². The van der Waals surface area contributed by atoms with Crippen molar-refractivity contribution in [2.45, 2.75) is 38.8 Å². The third kappa shape index (κ3) is 6.00.